The van der Waals surface area contributed by atoms with Gasteiger partial charge in [0.1, 0.15) is 11.5 Å². The van der Waals surface area contributed by atoms with Crippen LogP contribution in [0.5, 0.6) is 0 Å². The van der Waals surface area contributed by atoms with Crippen molar-refractivity contribution in [1.29, 1.82) is 0 Å². The van der Waals surface area contributed by atoms with Crippen molar-refractivity contribution in [3.8, 4) is 11.4 Å². The molecule has 2 atom stereocenters. The van der Waals surface area contributed by atoms with E-state index >= 15 is 0 Å². The average Bonchev–Trinajstić information content (AvgIpc) is 2.97. The molecule has 5 nitrogen and oxygen atoms in total. The molecule has 0 saturated heterocycles. The van der Waals surface area contributed by atoms with E-state index in [4.69, 9.17) is 16.6 Å². The monoisotopic (exact) mass is 338 g/mol. The SMILES string of the molecule is Cc1ccccc1-c1n[nH]c(=S)n1/N=C\c1ccc([C@H]2C[C@@H]2C)o1. The summed E-state index contributed by atoms with van der Waals surface area (Å²) in [5.41, 5.74) is 2.11. The van der Waals surface area contributed by atoms with E-state index in [0.717, 1.165) is 28.6 Å². The van der Waals surface area contributed by atoms with Gasteiger partial charge in [-0.3, -0.25) is 0 Å². The normalized spacial score (nSPS) is 19.9. The van der Waals surface area contributed by atoms with E-state index in [-0.39, 0.29) is 0 Å². The molecule has 1 N–H and O–H groups in total. The van der Waals surface area contributed by atoms with Crippen molar-refractivity contribution < 1.29 is 4.42 Å². The second-order valence-corrected chi connectivity index (χ2v) is 6.67. The lowest BCUT2D eigenvalue weighted by molar-refractivity contribution is 0.500. The highest BCUT2D eigenvalue weighted by Gasteiger charge is 2.36. The molecule has 0 unspecified atom stereocenters. The standard InChI is InChI=1S/C18H18N4OS/c1-11-5-3-4-6-14(11)17-20-21-18(24)22(17)19-10-13-7-8-16(23-13)15-9-12(15)2/h3-8,10,12,15H,9H2,1-2H3,(H,21,24)/b19-10-/t12-,15-/m0/s1. The van der Waals surface area contributed by atoms with E-state index in [1.54, 1.807) is 10.9 Å². The van der Waals surface area contributed by atoms with Crippen LogP contribution in [-0.2, 0) is 0 Å². The fourth-order valence-corrected chi connectivity index (χ4v) is 3.05. The molecule has 0 spiro atoms. The molecule has 1 aromatic carbocycles. The van der Waals surface area contributed by atoms with Crippen LogP contribution in [0, 0.1) is 17.6 Å². The first-order valence-corrected chi connectivity index (χ1v) is 8.42. The zero-order valence-corrected chi connectivity index (χ0v) is 14.4. The van der Waals surface area contributed by atoms with Crippen molar-refractivity contribution in [2.45, 2.75) is 26.2 Å². The van der Waals surface area contributed by atoms with Crippen molar-refractivity contribution in [3.63, 3.8) is 0 Å². The zero-order chi connectivity index (χ0) is 16.7. The van der Waals surface area contributed by atoms with Crippen molar-refractivity contribution >= 4 is 18.4 Å². The molecular weight excluding hydrogens is 320 g/mol. The Morgan fingerprint density at radius 2 is 2.12 bits per heavy atom. The number of nitrogens with zero attached hydrogens (tertiary/aromatic N) is 3. The molecule has 0 amide bonds. The van der Waals surface area contributed by atoms with Gasteiger partial charge in [0.25, 0.3) is 0 Å². The molecular formula is C18H18N4OS. The Hall–Kier alpha value is -2.47. The Morgan fingerprint density at radius 3 is 2.88 bits per heavy atom. The molecule has 3 aromatic rings. The predicted molar refractivity (Wildman–Crippen MR) is 95.8 cm³/mol. The number of aryl methyl sites for hydroxylation is 1. The second-order valence-electron chi connectivity index (χ2n) is 6.28. The Morgan fingerprint density at radius 1 is 1.33 bits per heavy atom. The molecule has 1 aliphatic carbocycles. The fourth-order valence-electron chi connectivity index (χ4n) is 2.87. The van der Waals surface area contributed by atoms with Gasteiger partial charge < -0.3 is 4.42 Å². The summed E-state index contributed by atoms with van der Waals surface area (Å²) < 4.78 is 7.93. The number of rotatable bonds is 4. The minimum absolute atomic E-state index is 0.451. The summed E-state index contributed by atoms with van der Waals surface area (Å²) in [7, 11) is 0. The van der Waals surface area contributed by atoms with E-state index in [9.17, 15) is 0 Å². The van der Waals surface area contributed by atoms with Crippen LogP contribution >= 0.6 is 12.2 Å². The number of benzene rings is 1. The average molecular weight is 338 g/mol. The van der Waals surface area contributed by atoms with E-state index in [2.05, 4.69) is 22.2 Å². The highest BCUT2D eigenvalue weighted by molar-refractivity contribution is 7.71. The lowest BCUT2D eigenvalue weighted by Gasteiger charge is -2.03. The van der Waals surface area contributed by atoms with Gasteiger partial charge in [-0.05, 0) is 49.2 Å². The van der Waals surface area contributed by atoms with Crippen LogP contribution in [-0.4, -0.2) is 21.1 Å². The topological polar surface area (TPSA) is 59.1 Å². The van der Waals surface area contributed by atoms with Gasteiger partial charge in [-0.25, -0.2) is 5.10 Å². The highest BCUT2D eigenvalue weighted by Crippen LogP contribution is 2.47. The first-order chi connectivity index (χ1) is 11.6. The van der Waals surface area contributed by atoms with Gasteiger partial charge in [-0.2, -0.15) is 14.9 Å². The molecule has 1 fully saturated rings. The molecule has 24 heavy (non-hydrogen) atoms. The molecule has 4 rings (SSSR count). The Balaban J connectivity index is 1.65. The van der Waals surface area contributed by atoms with Crippen LogP contribution in [0.1, 0.15) is 36.3 Å². The number of nitrogens with one attached hydrogen (secondary N) is 1. The van der Waals surface area contributed by atoms with Crippen LogP contribution < -0.4 is 0 Å². The molecule has 0 radical (unpaired) electrons. The van der Waals surface area contributed by atoms with Crippen LogP contribution in [0.4, 0.5) is 0 Å². The maximum Gasteiger partial charge on any atom is 0.216 e. The van der Waals surface area contributed by atoms with Crippen LogP contribution in [0.15, 0.2) is 45.9 Å². The maximum absolute atomic E-state index is 5.86. The number of H-pyrrole nitrogens is 1. The molecule has 0 aliphatic heterocycles. The molecule has 1 saturated carbocycles. The summed E-state index contributed by atoms with van der Waals surface area (Å²) in [4.78, 5) is 0. The summed E-state index contributed by atoms with van der Waals surface area (Å²) in [6.45, 7) is 4.27. The Kier molecular flexibility index (Phi) is 3.69. The summed E-state index contributed by atoms with van der Waals surface area (Å²) in [5, 5.41) is 11.6. The van der Waals surface area contributed by atoms with Crippen molar-refractivity contribution in [2.75, 3.05) is 0 Å². The minimum Gasteiger partial charge on any atom is -0.460 e. The third-order valence-electron chi connectivity index (χ3n) is 4.46. The third kappa shape index (κ3) is 2.73. The highest BCUT2D eigenvalue weighted by atomic mass is 32.1. The molecule has 0 bridgehead atoms. The molecule has 2 heterocycles. The van der Waals surface area contributed by atoms with E-state index in [1.165, 1.54) is 6.42 Å². The molecule has 1 aliphatic rings. The van der Waals surface area contributed by atoms with E-state index < -0.39 is 0 Å². The van der Waals surface area contributed by atoms with Crippen LogP contribution in [0.2, 0.25) is 0 Å². The lowest BCUT2D eigenvalue weighted by Crippen LogP contribution is -1.96. The van der Waals surface area contributed by atoms with Gasteiger partial charge >= 0.3 is 0 Å². The molecule has 122 valence electrons. The number of hydrogen-bond acceptors (Lipinski definition) is 4. The largest absolute Gasteiger partial charge is 0.460 e. The third-order valence-corrected chi connectivity index (χ3v) is 4.72. The fraction of sp³-hybridized carbons (Fsp3) is 0.278. The first kappa shape index (κ1) is 15.1. The van der Waals surface area contributed by atoms with Gasteiger partial charge in [0.05, 0.1) is 6.21 Å². The number of aromatic amines is 1. The van der Waals surface area contributed by atoms with Crippen LogP contribution in [0.25, 0.3) is 11.4 Å². The van der Waals surface area contributed by atoms with E-state index in [0.29, 0.717) is 16.5 Å². The van der Waals surface area contributed by atoms with Gasteiger partial charge in [-0.15, -0.1) is 0 Å². The predicted octanol–water partition coefficient (Wildman–Crippen LogP) is 4.51. The number of aromatic nitrogens is 3. The van der Waals surface area contributed by atoms with Crippen molar-refractivity contribution in [3.05, 3.63) is 58.3 Å². The summed E-state index contributed by atoms with van der Waals surface area (Å²) in [5.74, 6) is 3.74. The smallest absolute Gasteiger partial charge is 0.216 e. The summed E-state index contributed by atoms with van der Waals surface area (Å²) in [6.07, 6.45) is 2.89. The first-order valence-electron chi connectivity index (χ1n) is 8.01. The second kappa shape index (κ2) is 5.87. The van der Waals surface area contributed by atoms with Gasteiger partial charge in [-0.1, -0.05) is 31.2 Å². The summed E-state index contributed by atoms with van der Waals surface area (Å²) in [6, 6.07) is 12.0. The maximum atomic E-state index is 5.86. The molecule has 6 heteroatoms. The van der Waals surface area contributed by atoms with Crippen LogP contribution in [0.3, 0.4) is 0 Å². The number of furan rings is 1. The zero-order valence-electron chi connectivity index (χ0n) is 13.6. The summed E-state index contributed by atoms with van der Waals surface area (Å²) >= 11 is 5.30. The molecule has 2 aromatic heterocycles. The Bertz CT molecular complexity index is 965. The van der Waals surface area contributed by atoms with Crippen molar-refractivity contribution in [1.82, 2.24) is 14.9 Å². The van der Waals surface area contributed by atoms with Gasteiger partial charge in [0.15, 0.2) is 5.82 Å². The Labute approximate surface area is 145 Å². The van der Waals surface area contributed by atoms with E-state index in [1.807, 2.05) is 43.3 Å². The number of hydrogen-bond donors (Lipinski definition) is 1. The van der Waals surface area contributed by atoms with Crippen molar-refractivity contribution in [2.24, 2.45) is 11.0 Å². The lowest BCUT2D eigenvalue weighted by atomic mass is 10.1. The minimum atomic E-state index is 0.451. The quantitative estimate of drug-likeness (QED) is 0.562. The van der Waals surface area contributed by atoms with Gasteiger partial charge in [0.2, 0.25) is 4.77 Å². The van der Waals surface area contributed by atoms with Gasteiger partial charge in [0, 0.05) is 11.5 Å².